The average Bonchev–Trinajstić information content (AvgIpc) is 2.53. The Balaban J connectivity index is 1.93. The third kappa shape index (κ3) is 3.87. The highest BCUT2D eigenvalue weighted by Crippen LogP contribution is 2.13. The van der Waals surface area contributed by atoms with E-state index in [-0.39, 0.29) is 18.1 Å². The number of nitrogens with zero attached hydrogens (tertiary/aromatic N) is 1. The number of nitrogens with two attached hydrogens (primary N) is 1. The van der Waals surface area contributed by atoms with Crippen LogP contribution in [0, 0.1) is 10.1 Å². The second-order valence-corrected chi connectivity index (χ2v) is 4.53. The number of non-ortho nitro benzene ring substituents is 1. The maximum atomic E-state index is 11.9. The highest BCUT2D eigenvalue weighted by molar-refractivity contribution is 5.82. The van der Waals surface area contributed by atoms with Crippen molar-refractivity contribution in [3.8, 4) is 0 Å². The number of carbonyl (C=O) groups excluding carboxylic acids is 1. The van der Waals surface area contributed by atoms with Crippen LogP contribution in [-0.4, -0.2) is 10.8 Å². The molecule has 0 aromatic heterocycles. The maximum Gasteiger partial charge on any atom is 0.269 e. The molecule has 6 nitrogen and oxygen atoms in total. The van der Waals surface area contributed by atoms with E-state index in [1.807, 2.05) is 18.2 Å². The fourth-order valence-electron chi connectivity index (χ4n) is 1.85. The maximum absolute atomic E-state index is 11.9. The van der Waals surface area contributed by atoms with E-state index in [9.17, 15) is 14.9 Å². The molecule has 108 valence electrons. The molecule has 0 aliphatic carbocycles. The molecule has 2 aromatic rings. The number of benzene rings is 2. The molecule has 6 heteroatoms. The molecule has 0 saturated carbocycles. The van der Waals surface area contributed by atoms with E-state index in [1.54, 1.807) is 24.3 Å². The normalized spacial score (nSPS) is 11.7. The molecule has 0 bridgehead atoms. The molecular formula is C15H15N3O3. The molecule has 2 aromatic carbocycles. The lowest BCUT2D eigenvalue weighted by molar-refractivity contribution is -0.384. The Hall–Kier alpha value is -2.73. The number of hydrogen-bond donors (Lipinski definition) is 2. The fraction of sp³-hybridized carbons (Fsp3) is 0.133. The van der Waals surface area contributed by atoms with Gasteiger partial charge in [-0.2, -0.15) is 0 Å². The van der Waals surface area contributed by atoms with Crippen LogP contribution in [0.15, 0.2) is 54.6 Å². The lowest BCUT2D eigenvalue weighted by Crippen LogP contribution is -2.33. The van der Waals surface area contributed by atoms with Gasteiger partial charge in [-0.05, 0) is 11.1 Å². The highest BCUT2D eigenvalue weighted by Gasteiger charge is 2.14. The quantitative estimate of drug-likeness (QED) is 0.647. The first-order valence-corrected chi connectivity index (χ1v) is 6.39. The van der Waals surface area contributed by atoms with E-state index < -0.39 is 11.0 Å². The summed E-state index contributed by atoms with van der Waals surface area (Å²) in [5, 5.41) is 13.3. The van der Waals surface area contributed by atoms with Crippen molar-refractivity contribution in [3.63, 3.8) is 0 Å². The van der Waals surface area contributed by atoms with Crippen molar-refractivity contribution < 1.29 is 9.72 Å². The van der Waals surface area contributed by atoms with Gasteiger partial charge < -0.3 is 11.1 Å². The van der Waals surface area contributed by atoms with Crippen LogP contribution in [0.2, 0.25) is 0 Å². The second-order valence-electron chi connectivity index (χ2n) is 4.53. The third-order valence-electron chi connectivity index (χ3n) is 3.06. The predicted octanol–water partition coefficient (Wildman–Crippen LogP) is 1.91. The van der Waals surface area contributed by atoms with Crippen LogP contribution in [0.4, 0.5) is 5.69 Å². The zero-order valence-electron chi connectivity index (χ0n) is 11.2. The van der Waals surface area contributed by atoms with Crippen LogP contribution in [0.25, 0.3) is 0 Å². The largest absolute Gasteiger partial charge is 0.350 e. The van der Waals surface area contributed by atoms with Crippen molar-refractivity contribution in [1.29, 1.82) is 0 Å². The fourth-order valence-corrected chi connectivity index (χ4v) is 1.85. The van der Waals surface area contributed by atoms with Crippen molar-refractivity contribution >= 4 is 11.6 Å². The summed E-state index contributed by atoms with van der Waals surface area (Å²) in [5.41, 5.74) is 7.39. The van der Waals surface area contributed by atoms with Gasteiger partial charge in [0.15, 0.2) is 0 Å². The molecule has 0 saturated heterocycles. The Labute approximate surface area is 121 Å². The van der Waals surface area contributed by atoms with E-state index >= 15 is 0 Å². The van der Waals surface area contributed by atoms with Crippen molar-refractivity contribution in [3.05, 3.63) is 75.8 Å². The summed E-state index contributed by atoms with van der Waals surface area (Å²) < 4.78 is 0. The van der Waals surface area contributed by atoms with Gasteiger partial charge in [-0.15, -0.1) is 0 Å². The minimum absolute atomic E-state index is 0.0195. The van der Waals surface area contributed by atoms with Crippen LogP contribution >= 0.6 is 0 Å². The summed E-state index contributed by atoms with van der Waals surface area (Å²) in [6.07, 6.45) is 0. The number of nitro benzene ring substituents is 1. The smallest absolute Gasteiger partial charge is 0.269 e. The van der Waals surface area contributed by atoms with Crippen molar-refractivity contribution in [2.45, 2.75) is 12.6 Å². The van der Waals surface area contributed by atoms with Gasteiger partial charge in [0.25, 0.3) is 5.69 Å². The predicted molar refractivity (Wildman–Crippen MR) is 78.3 cm³/mol. The van der Waals surface area contributed by atoms with Crippen LogP contribution in [0.5, 0.6) is 0 Å². The Morgan fingerprint density at radius 2 is 1.76 bits per heavy atom. The zero-order valence-corrected chi connectivity index (χ0v) is 11.2. The van der Waals surface area contributed by atoms with E-state index in [0.29, 0.717) is 0 Å². The van der Waals surface area contributed by atoms with Crippen molar-refractivity contribution in [1.82, 2.24) is 5.32 Å². The van der Waals surface area contributed by atoms with Gasteiger partial charge in [-0.3, -0.25) is 14.9 Å². The number of nitro groups is 1. The summed E-state index contributed by atoms with van der Waals surface area (Å²) in [7, 11) is 0. The number of nitrogens with one attached hydrogen (secondary N) is 1. The first-order valence-electron chi connectivity index (χ1n) is 6.39. The lowest BCUT2D eigenvalue weighted by atomic mass is 10.1. The summed E-state index contributed by atoms with van der Waals surface area (Å²) in [6, 6.07) is 14.3. The molecule has 2 rings (SSSR count). The summed E-state index contributed by atoms with van der Waals surface area (Å²) in [6.45, 7) is 0.275. The van der Waals surface area contributed by atoms with Gasteiger partial charge in [-0.25, -0.2) is 0 Å². The molecule has 0 unspecified atom stereocenters. The second kappa shape index (κ2) is 6.62. The van der Waals surface area contributed by atoms with Gasteiger partial charge >= 0.3 is 0 Å². The van der Waals surface area contributed by atoms with Crippen LogP contribution < -0.4 is 11.1 Å². The Morgan fingerprint density at radius 3 is 2.33 bits per heavy atom. The number of carbonyl (C=O) groups is 1. The van der Waals surface area contributed by atoms with Crippen molar-refractivity contribution in [2.75, 3.05) is 0 Å². The van der Waals surface area contributed by atoms with Gasteiger partial charge in [-0.1, -0.05) is 42.5 Å². The molecule has 0 spiro atoms. The molecule has 0 fully saturated rings. The number of rotatable bonds is 5. The lowest BCUT2D eigenvalue weighted by Gasteiger charge is -2.12. The van der Waals surface area contributed by atoms with Crippen molar-refractivity contribution in [2.24, 2.45) is 5.73 Å². The summed E-state index contributed by atoms with van der Waals surface area (Å²) in [4.78, 5) is 22.0. The molecule has 0 aliphatic rings. The molecule has 0 aliphatic heterocycles. The molecule has 3 N–H and O–H groups in total. The Morgan fingerprint density at radius 1 is 1.14 bits per heavy atom. The minimum atomic E-state index is -0.732. The van der Waals surface area contributed by atoms with Gasteiger partial charge in [0.2, 0.25) is 5.91 Å². The molecule has 0 radical (unpaired) electrons. The monoisotopic (exact) mass is 285 g/mol. The Kier molecular flexibility index (Phi) is 4.63. The number of hydrogen-bond acceptors (Lipinski definition) is 4. The van der Waals surface area contributed by atoms with Crippen LogP contribution in [-0.2, 0) is 11.3 Å². The van der Waals surface area contributed by atoms with E-state index in [4.69, 9.17) is 5.73 Å². The third-order valence-corrected chi connectivity index (χ3v) is 3.06. The molecule has 21 heavy (non-hydrogen) atoms. The molecule has 0 heterocycles. The van der Waals surface area contributed by atoms with Gasteiger partial charge in [0, 0.05) is 18.7 Å². The first-order chi connectivity index (χ1) is 10.1. The van der Waals surface area contributed by atoms with E-state index in [2.05, 4.69) is 5.32 Å². The van der Waals surface area contributed by atoms with E-state index in [1.165, 1.54) is 12.1 Å². The molecule has 1 amide bonds. The first kappa shape index (κ1) is 14.7. The SMILES string of the molecule is N[C@@H](C(=O)NCc1ccc([N+](=O)[O-])cc1)c1ccccc1. The van der Waals surface area contributed by atoms with Gasteiger partial charge in [0.05, 0.1) is 4.92 Å². The average molecular weight is 285 g/mol. The van der Waals surface area contributed by atoms with Gasteiger partial charge in [0.1, 0.15) is 6.04 Å². The van der Waals surface area contributed by atoms with Crippen LogP contribution in [0.3, 0.4) is 0 Å². The van der Waals surface area contributed by atoms with E-state index in [0.717, 1.165) is 11.1 Å². The topological polar surface area (TPSA) is 98.3 Å². The summed E-state index contributed by atoms with van der Waals surface area (Å²) in [5.74, 6) is -0.292. The minimum Gasteiger partial charge on any atom is -0.350 e. The Bertz CT molecular complexity index is 626. The standard InChI is InChI=1S/C15H15N3O3/c16-14(12-4-2-1-3-5-12)15(19)17-10-11-6-8-13(9-7-11)18(20)21/h1-9,14H,10,16H2,(H,17,19)/t14-/m1/s1. The number of amides is 1. The molecule has 1 atom stereocenters. The zero-order chi connectivity index (χ0) is 15.2. The van der Waals surface area contributed by atoms with Crippen LogP contribution in [0.1, 0.15) is 17.2 Å². The molecular weight excluding hydrogens is 270 g/mol. The summed E-state index contributed by atoms with van der Waals surface area (Å²) >= 11 is 0. The highest BCUT2D eigenvalue weighted by atomic mass is 16.6.